The summed E-state index contributed by atoms with van der Waals surface area (Å²) in [5.41, 5.74) is -6.24. The predicted octanol–water partition coefficient (Wildman–Crippen LogP) is 3.25. The fourth-order valence-electron chi connectivity index (χ4n) is 10.1. The van der Waals surface area contributed by atoms with Crippen LogP contribution in [0.4, 0.5) is 0 Å². The fraction of sp³-hybridized carbons (Fsp3) is 0.723. The first-order valence-corrected chi connectivity index (χ1v) is 35.6. The smallest absolute Gasteiger partial charge is 0.310 e. The van der Waals surface area contributed by atoms with Crippen molar-refractivity contribution in [2.75, 3.05) is 54.9 Å². The van der Waals surface area contributed by atoms with Gasteiger partial charge in [-0.1, -0.05) is 93.0 Å². The van der Waals surface area contributed by atoms with E-state index in [1.54, 1.807) is 7.11 Å². The van der Waals surface area contributed by atoms with Gasteiger partial charge in [0.15, 0.2) is 62.3 Å². The molecule has 5 fully saturated rings. The van der Waals surface area contributed by atoms with Gasteiger partial charge in [-0.2, -0.15) is 0 Å². The first-order chi connectivity index (χ1) is 47.7. The van der Waals surface area contributed by atoms with Gasteiger partial charge in [0, 0.05) is 90.8 Å². The molecule has 0 aliphatic carbocycles. The molecule has 0 aromatic heterocycles. The van der Waals surface area contributed by atoms with Crippen LogP contribution in [0.3, 0.4) is 0 Å². The Hall–Kier alpha value is -5.69. The Kier molecular flexibility index (Phi) is 38.0. The Morgan fingerprint density at radius 1 is 0.538 bits per heavy atom. The van der Waals surface area contributed by atoms with E-state index in [1.807, 2.05) is 13.8 Å². The number of rotatable bonds is 23. The Bertz CT molecular complexity index is 2950. The number of methoxy groups -OCH3 is 4. The number of carbonyl (C=O) groups excluding carboxylic acids is 9. The number of fused-ring (bicyclic) bond motifs is 1. The number of ether oxygens (including phenoxy) is 19. The average Bonchev–Trinajstić information content (AvgIpc) is 1.14. The topological polar surface area (TPSA) is 463 Å². The summed E-state index contributed by atoms with van der Waals surface area (Å²) in [7, 11) is 3.36. The highest BCUT2D eigenvalue weighted by Gasteiger charge is 2.63. The Morgan fingerprint density at radius 3 is 1.24 bits per heavy atom. The summed E-state index contributed by atoms with van der Waals surface area (Å²) in [6, 6.07) is 0. The third-order valence-corrected chi connectivity index (χ3v) is 21.1. The Morgan fingerprint density at radius 2 is 0.933 bits per heavy atom. The maximum absolute atomic E-state index is 11.7. The average molecular weight is 1580 g/mol. The zero-order valence-electron chi connectivity index (χ0n) is 61.9. The van der Waals surface area contributed by atoms with Crippen LogP contribution >= 0.6 is 34.8 Å². The lowest BCUT2D eigenvalue weighted by Crippen LogP contribution is -2.68. The van der Waals surface area contributed by atoms with Crippen molar-refractivity contribution < 1.29 is 163 Å². The lowest BCUT2D eigenvalue weighted by atomic mass is 9.86. The molecule has 0 spiro atoms. The highest BCUT2D eigenvalue weighted by Crippen LogP contribution is 2.45. The highest BCUT2D eigenvalue weighted by atomic mass is 35.6. The van der Waals surface area contributed by atoms with E-state index in [-0.39, 0.29) is 11.6 Å². The molecule has 0 aromatic carbocycles. The largest absolute Gasteiger partial charge is 0.462 e. The summed E-state index contributed by atoms with van der Waals surface area (Å²) in [6.45, 7) is 38.0. The van der Waals surface area contributed by atoms with Gasteiger partial charge in [-0.05, 0) is 32.0 Å². The van der Waals surface area contributed by atoms with Crippen LogP contribution in [0.5, 0.6) is 0 Å². The molecule has 5 aliphatic heterocycles. The van der Waals surface area contributed by atoms with E-state index in [4.69, 9.17) is 135 Å². The summed E-state index contributed by atoms with van der Waals surface area (Å²) >= 11 is 17.0. The summed E-state index contributed by atoms with van der Waals surface area (Å²) in [6.07, 6.45) is -12.7. The molecule has 39 heteroatoms. The number of aliphatic hydroxyl groups is 5. The Labute approximate surface area is 619 Å². The lowest BCUT2D eigenvalue weighted by Gasteiger charge is -2.49. The van der Waals surface area contributed by atoms with E-state index in [0.29, 0.717) is 0 Å². The number of aliphatic hydroxyl groups excluding tert-OH is 4. The molecule has 596 valence electrons. The van der Waals surface area contributed by atoms with Gasteiger partial charge in [0.2, 0.25) is 18.5 Å². The van der Waals surface area contributed by atoms with Gasteiger partial charge in [0.25, 0.3) is 3.79 Å². The van der Waals surface area contributed by atoms with E-state index in [1.165, 1.54) is 66.4 Å². The van der Waals surface area contributed by atoms with Crippen LogP contribution < -0.4 is 0 Å². The molecule has 5 aliphatic rings. The van der Waals surface area contributed by atoms with E-state index in [0.717, 1.165) is 41.5 Å². The van der Waals surface area contributed by atoms with Gasteiger partial charge in [-0.15, -0.1) is 13.2 Å². The second-order valence-electron chi connectivity index (χ2n) is 25.5. The molecule has 5 saturated heterocycles. The van der Waals surface area contributed by atoms with Crippen molar-refractivity contribution in [2.45, 2.75) is 245 Å². The number of halogens is 3. The third-order valence-electron chi connectivity index (χ3n) is 16.1. The van der Waals surface area contributed by atoms with Gasteiger partial charge >= 0.3 is 53.7 Å². The SMILES string of the molecule is C=CC(O)(CO[Si](C)(C)C(C)(C)C)[C@H]1O[C@@H]2OC(C)(C)OC2[C@@H]1OC.C=CC1(CO)OC(O)C(O)[C@@H](OC)[C@@H]1O.C=CC1(COC(C)=O)OC(OC(=N)C(Cl)(Cl)Cl)C(OC(C)=O)[C@@H](OC)[C@@H]1OC(C)=O.C=CC1(COC(C)=O)O[C@H](OC(C)=O)C(OC(C)=O)[C@@H](OC)[C@@H]1OC(C)=O.CC(=O)OC(C)=O. The van der Waals surface area contributed by atoms with E-state index < -0.39 is 218 Å². The quantitative estimate of drug-likeness (QED) is 0.0125. The van der Waals surface area contributed by atoms with Gasteiger partial charge in [0.1, 0.15) is 73.2 Å². The number of hydrogen-bond donors (Lipinski definition) is 6. The van der Waals surface area contributed by atoms with Crippen LogP contribution in [0.1, 0.15) is 96.9 Å². The molecule has 20 atom stereocenters. The van der Waals surface area contributed by atoms with Crippen molar-refractivity contribution in [2.24, 2.45) is 0 Å². The maximum Gasteiger partial charge on any atom is 0.310 e. The molecular formula is C65H102Cl3NO34Si. The minimum absolute atomic E-state index is 0.0407. The van der Waals surface area contributed by atoms with Crippen molar-refractivity contribution in [3.8, 4) is 0 Å². The molecule has 10 unspecified atom stereocenters. The minimum atomic E-state index is -2.26. The summed E-state index contributed by atoms with van der Waals surface area (Å²) in [5, 5.41) is 56.8. The summed E-state index contributed by atoms with van der Waals surface area (Å²) < 4.78 is 105. The first-order valence-electron chi connectivity index (χ1n) is 31.6. The number of esters is 9. The van der Waals surface area contributed by atoms with E-state index >= 15 is 0 Å². The lowest BCUT2D eigenvalue weighted by molar-refractivity contribution is -0.322. The molecule has 35 nitrogen and oxygen atoms in total. The van der Waals surface area contributed by atoms with Crippen LogP contribution in [0, 0.1) is 5.41 Å². The molecular weight excluding hydrogens is 1470 g/mol. The zero-order chi connectivity index (χ0) is 80.8. The molecule has 6 N–H and O–H groups in total. The summed E-state index contributed by atoms with van der Waals surface area (Å²) in [4.78, 5) is 100. The van der Waals surface area contributed by atoms with E-state index in [9.17, 15) is 63.6 Å². The van der Waals surface area contributed by atoms with E-state index in [2.05, 4.69) is 64.9 Å². The second kappa shape index (κ2) is 41.0. The predicted molar refractivity (Wildman–Crippen MR) is 364 cm³/mol. The number of carbonyl (C=O) groups is 9. The van der Waals surface area contributed by atoms with Gasteiger partial charge in [0.05, 0.1) is 13.2 Å². The van der Waals surface area contributed by atoms with Crippen LogP contribution in [0.25, 0.3) is 0 Å². The van der Waals surface area contributed by atoms with Crippen molar-refractivity contribution in [1.29, 1.82) is 5.41 Å². The number of alkyl halides is 3. The van der Waals surface area contributed by atoms with Crippen LogP contribution in [-0.2, 0) is 138 Å². The van der Waals surface area contributed by atoms with Crippen LogP contribution in [-0.4, -0.2) is 279 Å². The molecule has 0 radical (unpaired) electrons. The Balaban J connectivity index is 0.000000684. The molecule has 0 amide bonds. The fourth-order valence-corrected chi connectivity index (χ4v) is 11.3. The van der Waals surface area contributed by atoms with Crippen molar-refractivity contribution in [1.82, 2.24) is 0 Å². The van der Waals surface area contributed by atoms with Crippen LogP contribution in [0.15, 0.2) is 50.6 Å². The second-order valence-corrected chi connectivity index (χ2v) is 32.6. The third kappa shape index (κ3) is 26.9. The molecule has 104 heavy (non-hydrogen) atoms. The van der Waals surface area contributed by atoms with Crippen molar-refractivity contribution >= 4 is 103 Å². The van der Waals surface area contributed by atoms with Gasteiger partial charge in [-0.25, -0.2) is 0 Å². The number of hydrogen-bond acceptors (Lipinski definition) is 35. The van der Waals surface area contributed by atoms with Gasteiger partial charge in [-0.3, -0.25) is 48.6 Å². The normalized spacial score (nSPS) is 31.6. The summed E-state index contributed by atoms with van der Waals surface area (Å²) in [5.74, 6) is -7.58. The standard InChI is InChI=1S/C18H34O6Si.C17H22Cl3NO9.C17H24O10.C9H16O6.C4H6O3/c1-10-18(19,11-21-25(8,9)16(2,3)4)14-12(20-7)13-15(22-14)24-17(5,6)23-13;1-6-16(7-26-8(2)22)13(28-10(4)24)11(25-5)12(27-9(3)23)14(30-16)29-15(21)17(18,19)20;1-7-17(8-23-9(2)18)15(25-11(4)20)13(22-6)14(24-10(3)19)16(27-17)26-12(5)21;1-3-9(4-10)7(12)6(14-2)5(11)8(13)15-9;1-3(5)7-4(2)6/h10,12-15,19H,1,11H2,2-9H3;6,11-14,21H,1,7H2,2-5H3;7,13-16H,1,8H2,2-6H3;3,5-8,10-13H,1,4H2,2H3;1-2H3/t12-,13?,14-,15+,18?;11-,12?,13+,14?,16?;13-,14?,15+,16+,17?;5?,6-,7+,8?,9?;/m0111./s1. The van der Waals surface area contributed by atoms with Crippen molar-refractivity contribution in [3.63, 3.8) is 0 Å². The monoisotopic (exact) mass is 1570 g/mol. The molecule has 0 saturated carbocycles. The van der Waals surface area contributed by atoms with Crippen LogP contribution in [0.2, 0.25) is 18.1 Å². The molecule has 0 aromatic rings. The molecule has 5 heterocycles. The minimum Gasteiger partial charge on any atom is -0.462 e. The van der Waals surface area contributed by atoms with Gasteiger partial charge < -0.3 is 120 Å². The highest BCUT2D eigenvalue weighted by molar-refractivity contribution is 6.76. The maximum atomic E-state index is 11.7. The number of nitrogens with one attached hydrogen (secondary N) is 1. The molecule has 0 bridgehead atoms. The first kappa shape index (κ1) is 96.3. The zero-order valence-corrected chi connectivity index (χ0v) is 65.2. The molecule has 5 rings (SSSR count). The van der Waals surface area contributed by atoms with Crippen molar-refractivity contribution in [3.05, 3.63) is 50.6 Å².